The van der Waals surface area contributed by atoms with Crippen molar-refractivity contribution in [3.05, 3.63) is 53.1 Å². The molecular weight excluding hydrogens is 436 g/mol. The number of benzene rings is 2. The van der Waals surface area contributed by atoms with Crippen molar-refractivity contribution in [2.45, 2.75) is 58.2 Å². The number of carbonyl (C=O) groups excluding carboxylic acids is 2. The van der Waals surface area contributed by atoms with E-state index in [2.05, 4.69) is 10.6 Å². The first-order valence-electron chi connectivity index (χ1n) is 10.9. The quantitative estimate of drug-likeness (QED) is 0.390. The van der Waals surface area contributed by atoms with Crippen LogP contribution in [0.25, 0.3) is 11.1 Å². The summed E-state index contributed by atoms with van der Waals surface area (Å²) in [5.41, 5.74) is 15.4. The van der Waals surface area contributed by atoms with E-state index in [1.807, 2.05) is 25.1 Å². The number of phenols is 1. The normalized spacial score (nSPS) is 20.7. The summed E-state index contributed by atoms with van der Waals surface area (Å²) in [6.45, 7) is 2.18. The summed E-state index contributed by atoms with van der Waals surface area (Å²) in [6, 6.07) is 7.53. The molecular formula is C25H34N4O5. The van der Waals surface area contributed by atoms with Crippen LogP contribution in [0.5, 0.6) is 5.75 Å². The standard InChI is InChI=1S/C24H30N4O5.CH4/c1-13-4-5-14-9-16(13)12-20(24(32)33)28-23(31)19(3-2-8-25)27-22(30)18(26)11-17-10-15(14)6-7-21(17)29;/h4-7,9-10,18-20,29H,2-3,8,11-12,25-26H2,1H3,(H,27,30)(H,28,31)(H,32,33);1H4/t18-,19-,20-;/m0./s1. The molecule has 0 saturated heterocycles. The summed E-state index contributed by atoms with van der Waals surface area (Å²) in [6.07, 6.45) is 0.827. The van der Waals surface area contributed by atoms with Gasteiger partial charge in [-0.05, 0) is 66.3 Å². The number of aromatic hydroxyl groups is 1. The maximum atomic E-state index is 12.9. The Morgan fingerprint density at radius 1 is 1.03 bits per heavy atom. The summed E-state index contributed by atoms with van der Waals surface area (Å²) in [7, 11) is 0. The fourth-order valence-corrected chi connectivity index (χ4v) is 3.89. The highest BCUT2D eigenvalue weighted by Gasteiger charge is 2.29. The zero-order valence-electron chi connectivity index (χ0n) is 18.5. The Hall–Kier alpha value is -3.43. The summed E-state index contributed by atoms with van der Waals surface area (Å²) < 4.78 is 0. The minimum absolute atomic E-state index is 0. The van der Waals surface area contributed by atoms with Crippen LogP contribution in [0.4, 0.5) is 0 Å². The van der Waals surface area contributed by atoms with Gasteiger partial charge in [0.05, 0.1) is 6.04 Å². The van der Waals surface area contributed by atoms with Crippen molar-refractivity contribution in [2.75, 3.05) is 6.54 Å². The second-order valence-corrected chi connectivity index (χ2v) is 8.39. The van der Waals surface area contributed by atoms with Gasteiger partial charge in [0.25, 0.3) is 0 Å². The predicted molar refractivity (Wildman–Crippen MR) is 130 cm³/mol. The molecule has 0 fully saturated rings. The minimum atomic E-state index is -1.18. The van der Waals surface area contributed by atoms with E-state index >= 15 is 0 Å². The van der Waals surface area contributed by atoms with Gasteiger partial charge in [-0.15, -0.1) is 0 Å². The van der Waals surface area contributed by atoms with E-state index < -0.39 is 35.9 Å². The van der Waals surface area contributed by atoms with E-state index in [-0.39, 0.29) is 32.4 Å². The van der Waals surface area contributed by atoms with Crippen LogP contribution in [0.15, 0.2) is 36.4 Å². The first kappa shape index (κ1) is 26.8. The highest BCUT2D eigenvalue weighted by Crippen LogP contribution is 2.29. The zero-order valence-corrected chi connectivity index (χ0v) is 18.5. The number of amides is 2. The lowest BCUT2D eigenvalue weighted by Crippen LogP contribution is -2.55. The molecule has 9 heteroatoms. The third-order valence-corrected chi connectivity index (χ3v) is 5.91. The number of aliphatic carboxylic acids is 1. The molecule has 2 aromatic carbocycles. The zero-order chi connectivity index (χ0) is 24.1. The van der Waals surface area contributed by atoms with E-state index in [0.29, 0.717) is 18.5 Å². The van der Waals surface area contributed by atoms with Crippen LogP contribution in [0.1, 0.15) is 37.0 Å². The molecule has 9 nitrogen and oxygen atoms in total. The molecule has 184 valence electrons. The van der Waals surface area contributed by atoms with E-state index in [4.69, 9.17) is 11.5 Å². The van der Waals surface area contributed by atoms with Crippen LogP contribution >= 0.6 is 0 Å². The minimum Gasteiger partial charge on any atom is -0.508 e. The van der Waals surface area contributed by atoms with E-state index in [1.54, 1.807) is 18.2 Å². The van der Waals surface area contributed by atoms with Gasteiger partial charge in [-0.2, -0.15) is 0 Å². The van der Waals surface area contributed by atoms with Gasteiger partial charge in [-0.25, -0.2) is 4.79 Å². The van der Waals surface area contributed by atoms with Crippen LogP contribution in [-0.4, -0.2) is 52.7 Å². The van der Waals surface area contributed by atoms with Crippen LogP contribution in [-0.2, 0) is 27.2 Å². The molecule has 1 aliphatic rings. The van der Waals surface area contributed by atoms with Gasteiger partial charge in [-0.1, -0.05) is 31.7 Å². The second kappa shape index (κ2) is 11.6. The highest BCUT2D eigenvalue weighted by atomic mass is 16.4. The molecule has 0 spiro atoms. The van der Waals surface area contributed by atoms with Crippen molar-refractivity contribution in [1.82, 2.24) is 10.6 Å². The molecule has 8 N–H and O–H groups in total. The molecule has 2 aromatic rings. The first-order chi connectivity index (χ1) is 15.7. The first-order valence-corrected chi connectivity index (χ1v) is 10.9. The third-order valence-electron chi connectivity index (χ3n) is 5.91. The fourth-order valence-electron chi connectivity index (χ4n) is 3.89. The lowest BCUT2D eigenvalue weighted by Gasteiger charge is -2.23. The molecule has 2 amide bonds. The summed E-state index contributed by atoms with van der Waals surface area (Å²) in [5.74, 6) is -2.34. The summed E-state index contributed by atoms with van der Waals surface area (Å²) in [4.78, 5) is 37.6. The van der Waals surface area contributed by atoms with E-state index in [1.165, 1.54) is 0 Å². The Morgan fingerprint density at radius 2 is 1.68 bits per heavy atom. The Morgan fingerprint density at radius 3 is 2.32 bits per heavy atom. The third kappa shape index (κ3) is 6.33. The topological polar surface area (TPSA) is 168 Å². The van der Waals surface area contributed by atoms with E-state index in [0.717, 1.165) is 22.3 Å². The maximum absolute atomic E-state index is 12.9. The second-order valence-electron chi connectivity index (χ2n) is 8.39. The predicted octanol–water partition coefficient (Wildman–Crippen LogP) is 1.22. The lowest BCUT2D eigenvalue weighted by molar-refractivity contribution is -0.142. The SMILES string of the molecule is C.Cc1ccc2cc1C[C@@H](C(=O)O)NC(=O)[C@H](CCCN)NC(=O)[C@@H](N)Cc1cc-2ccc1O. The van der Waals surface area contributed by atoms with Gasteiger partial charge in [0, 0.05) is 12.8 Å². The number of carbonyl (C=O) groups is 3. The Balaban J connectivity index is 0.00000408. The Bertz CT molecular complexity index is 1060. The number of nitrogens with one attached hydrogen (secondary N) is 2. The number of phenolic OH excluding ortho intramolecular Hbond substituents is 1. The molecule has 0 radical (unpaired) electrons. The van der Waals surface area contributed by atoms with Crippen molar-refractivity contribution in [3.8, 4) is 16.9 Å². The molecule has 3 rings (SSSR count). The number of hydrogen-bond donors (Lipinski definition) is 6. The molecule has 4 bridgehead atoms. The van der Waals surface area contributed by atoms with Gasteiger partial charge in [-0.3, -0.25) is 9.59 Å². The molecule has 0 aliphatic carbocycles. The van der Waals surface area contributed by atoms with Gasteiger partial charge in [0.15, 0.2) is 0 Å². The molecule has 34 heavy (non-hydrogen) atoms. The number of carboxylic acid groups (broad SMARTS) is 1. The summed E-state index contributed by atoms with van der Waals surface area (Å²) >= 11 is 0. The van der Waals surface area contributed by atoms with Crippen molar-refractivity contribution < 1.29 is 24.6 Å². The molecule has 0 saturated carbocycles. The number of fused-ring (bicyclic) bond motifs is 5. The van der Waals surface area contributed by atoms with Crippen molar-refractivity contribution in [2.24, 2.45) is 11.5 Å². The van der Waals surface area contributed by atoms with Crippen LogP contribution in [0.3, 0.4) is 0 Å². The Kier molecular flexibility index (Phi) is 9.17. The van der Waals surface area contributed by atoms with Gasteiger partial charge < -0.3 is 32.3 Å². The Labute approximate surface area is 199 Å². The van der Waals surface area contributed by atoms with Gasteiger partial charge in [0.1, 0.15) is 17.8 Å². The van der Waals surface area contributed by atoms with Gasteiger partial charge >= 0.3 is 5.97 Å². The summed E-state index contributed by atoms with van der Waals surface area (Å²) in [5, 5.41) is 25.3. The van der Waals surface area contributed by atoms with Crippen molar-refractivity contribution in [3.63, 3.8) is 0 Å². The largest absolute Gasteiger partial charge is 0.508 e. The lowest BCUT2D eigenvalue weighted by atomic mass is 9.94. The number of rotatable bonds is 4. The number of hydrogen-bond acceptors (Lipinski definition) is 6. The van der Waals surface area contributed by atoms with Crippen LogP contribution in [0, 0.1) is 6.92 Å². The number of aryl methyl sites for hydroxylation is 1. The molecule has 0 unspecified atom stereocenters. The van der Waals surface area contributed by atoms with Crippen LogP contribution in [0.2, 0.25) is 0 Å². The van der Waals surface area contributed by atoms with Crippen LogP contribution < -0.4 is 22.1 Å². The molecule has 3 atom stereocenters. The molecule has 1 heterocycles. The highest BCUT2D eigenvalue weighted by molar-refractivity contribution is 5.92. The molecule has 1 aliphatic heterocycles. The van der Waals surface area contributed by atoms with Crippen molar-refractivity contribution >= 4 is 17.8 Å². The smallest absolute Gasteiger partial charge is 0.326 e. The monoisotopic (exact) mass is 470 g/mol. The number of carboxylic acids is 1. The van der Waals surface area contributed by atoms with E-state index in [9.17, 15) is 24.6 Å². The van der Waals surface area contributed by atoms with Crippen molar-refractivity contribution in [1.29, 1.82) is 0 Å². The number of nitrogens with two attached hydrogens (primary N) is 2. The average Bonchev–Trinajstić information content (AvgIpc) is 2.78. The van der Waals surface area contributed by atoms with Gasteiger partial charge in [0.2, 0.25) is 11.8 Å². The molecule has 0 aromatic heterocycles. The fraction of sp³-hybridized carbons (Fsp3) is 0.400. The average molecular weight is 471 g/mol. The maximum Gasteiger partial charge on any atom is 0.326 e.